The summed E-state index contributed by atoms with van der Waals surface area (Å²) in [5.74, 6) is 0.398. The van der Waals surface area contributed by atoms with Gasteiger partial charge in [-0.15, -0.1) is 0 Å². The number of nitrogens with zero attached hydrogens (tertiary/aromatic N) is 4. The van der Waals surface area contributed by atoms with Crippen molar-refractivity contribution in [3.63, 3.8) is 0 Å². The van der Waals surface area contributed by atoms with E-state index in [1.807, 2.05) is 35.2 Å². The maximum absolute atomic E-state index is 12.5. The van der Waals surface area contributed by atoms with Gasteiger partial charge in [0.15, 0.2) is 5.65 Å². The van der Waals surface area contributed by atoms with Gasteiger partial charge in [-0.25, -0.2) is 4.68 Å². The molecule has 26 heavy (non-hydrogen) atoms. The number of para-hydroxylation sites is 1. The van der Waals surface area contributed by atoms with E-state index in [4.69, 9.17) is 0 Å². The third-order valence-electron chi connectivity index (χ3n) is 4.76. The van der Waals surface area contributed by atoms with E-state index < -0.39 is 0 Å². The van der Waals surface area contributed by atoms with E-state index in [-0.39, 0.29) is 17.4 Å². The summed E-state index contributed by atoms with van der Waals surface area (Å²) in [5, 5.41) is 7.46. The molecule has 1 aliphatic heterocycles. The zero-order valence-electron chi connectivity index (χ0n) is 14.5. The lowest BCUT2D eigenvalue weighted by atomic mass is 9.97. The lowest BCUT2D eigenvalue weighted by molar-refractivity contribution is -0.124. The van der Waals surface area contributed by atoms with Crippen LogP contribution < -0.4 is 15.8 Å². The first-order valence-corrected chi connectivity index (χ1v) is 8.67. The van der Waals surface area contributed by atoms with Crippen LogP contribution in [0.25, 0.3) is 16.7 Å². The fourth-order valence-electron chi connectivity index (χ4n) is 3.40. The summed E-state index contributed by atoms with van der Waals surface area (Å²) in [5.41, 5.74) is 1.12. The van der Waals surface area contributed by atoms with Crippen LogP contribution in [0.2, 0.25) is 0 Å². The van der Waals surface area contributed by atoms with Crippen molar-refractivity contribution >= 4 is 22.9 Å². The molecule has 8 heteroatoms. The van der Waals surface area contributed by atoms with Gasteiger partial charge in [0.05, 0.1) is 17.8 Å². The predicted molar refractivity (Wildman–Crippen MR) is 98.5 cm³/mol. The molecule has 1 aliphatic rings. The van der Waals surface area contributed by atoms with Crippen LogP contribution in [0.4, 0.5) is 5.95 Å². The quantitative estimate of drug-likeness (QED) is 0.735. The molecule has 1 amide bonds. The number of nitrogens with one attached hydrogen (secondary N) is 2. The van der Waals surface area contributed by atoms with Gasteiger partial charge < -0.3 is 10.2 Å². The van der Waals surface area contributed by atoms with Gasteiger partial charge in [0.2, 0.25) is 11.9 Å². The molecule has 1 fully saturated rings. The average molecular weight is 352 g/mol. The van der Waals surface area contributed by atoms with Gasteiger partial charge in [0.1, 0.15) is 5.39 Å². The third kappa shape index (κ3) is 2.83. The molecule has 0 bridgehead atoms. The summed E-state index contributed by atoms with van der Waals surface area (Å²) in [6.07, 6.45) is 3.24. The van der Waals surface area contributed by atoms with Crippen molar-refractivity contribution in [2.75, 3.05) is 25.0 Å². The lowest BCUT2D eigenvalue weighted by Crippen LogP contribution is -2.43. The molecule has 2 N–H and O–H groups in total. The molecule has 2 aromatic heterocycles. The number of anilines is 1. The van der Waals surface area contributed by atoms with Crippen molar-refractivity contribution in [3.05, 3.63) is 46.9 Å². The molecule has 1 unspecified atom stereocenters. The van der Waals surface area contributed by atoms with Crippen LogP contribution >= 0.6 is 0 Å². The van der Waals surface area contributed by atoms with E-state index in [9.17, 15) is 9.59 Å². The Morgan fingerprint density at radius 2 is 2.12 bits per heavy atom. The van der Waals surface area contributed by atoms with Gasteiger partial charge in [-0.1, -0.05) is 18.2 Å². The molecule has 8 nitrogen and oxygen atoms in total. The second-order valence-electron chi connectivity index (χ2n) is 6.42. The molecule has 0 spiro atoms. The number of amides is 1. The number of piperidine rings is 1. The second-order valence-corrected chi connectivity index (χ2v) is 6.42. The molecule has 3 heterocycles. The van der Waals surface area contributed by atoms with Crippen LogP contribution in [-0.4, -0.2) is 45.8 Å². The minimum absolute atomic E-state index is 0.0208. The Labute approximate surface area is 149 Å². The molecular weight excluding hydrogens is 332 g/mol. The summed E-state index contributed by atoms with van der Waals surface area (Å²) in [6.45, 7) is 1.29. The predicted octanol–water partition coefficient (Wildman–Crippen LogP) is 1.07. The smallest absolute Gasteiger partial charge is 0.263 e. The van der Waals surface area contributed by atoms with Crippen molar-refractivity contribution < 1.29 is 4.79 Å². The SMILES string of the molecule is CNC(=O)C1CCCN(c2nc3c(cnn3-c3ccccc3)c(=O)[nH]2)C1. The van der Waals surface area contributed by atoms with Gasteiger partial charge in [0, 0.05) is 20.1 Å². The topological polar surface area (TPSA) is 95.9 Å². The standard InChI is InChI=1S/C18H20N6O2/c1-19-16(25)12-6-5-9-23(11-12)18-21-15-14(17(26)22-18)10-20-24(15)13-7-3-2-4-8-13/h2-4,7-8,10,12H,5-6,9,11H2,1H3,(H,19,25)(H,21,22,26). The molecule has 0 saturated carbocycles. The summed E-state index contributed by atoms with van der Waals surface area (Å²) in [4.78, 5) is 33.9. The first kappa shape index (κ1) is 16.3. The fraction of sp³-hybridized carbons (Fsp3) is 0.333. The Morgan fingerprint density at radius 1 is 1.31 bits per heavy atom. The average Bonchev–Trinajstić information content (AvgIpc) is 3.13. The molecular formula is C18H20N6O2. The molecule has 1 saturated heterocycles. The summed E-state index contributed by atoms with van der Waals surface area (Å²) in [7, 11) is 1.64. The third-order valence-corrected chi connectivity index (χ3v) is 4.76. The molecule has 3 aromatic rings. The van der Waals surface area contributed by atoms with Crippen LogP contribution in [-0.2, 0) is 4.79 Å². The number of aromatic nitrogens is 4. The number of benzene rings is 1. The van der Waals surface area contributed by atoms with Crippen LogP contribution in [0.15, 0.2) is 41.3 Å². The molecule has 4 rings (SSSR count). The Morgan fingerprint density at radius 3 is 2.88 bits per heavy atom. The Kier molecular flexibility index (Phi) is 4.16. The number of hydrogen-bond donors (Lipinski definition) is 2. The van der Waals surface area contributed by atoms with E-state index in [1.54, 1.807) is 11.7 Å². The van der Waals surface area contributed by atoms with Gasteiger partial charge in [-0.05, 0) is 25.0 Å². The van der Waals surface area contributed by atoms with E-state index in [0.29, 0.717) is 23.5 Å². The molecule has 0 aliphatic carbocycles. The number of aromatic amines is 1. The van der Waals surface area contributed by atoms with E-state index >= 15 is 0 Å². The highest BCUT2D eigenvalue weighted by Gasteiger charge is 2.27. The molecule has 1 aromatic carbocycles. The highest BCUT2D eigenvalue weighted by Crippen LogP contribution is 2.22. The van der Waals surface area contributed by atoms with Crippen molar-refractivity contribution in [1.29, 1.82) is 0 Å². The zero-order chi connectivity index (χ0) is 18.1. The lowest BCUT2D eigenvalue weighted by Gasteiger charge is -2.32. The van der Waals surface area contributed by atoms with Crippen LogP contribution in [0.5, 0.6) is 0 Å². The maximum atomic E-state index is 12.5. The number of carbonyl (C=O) groups excluding carboxylic acids is 1. The van der Waals surface area contributed by atoms with Crippen molar-refractivity contribution in [3.8, 4) is 5.69 Å². The number of carbonyl (C=O) groups is 1. The summed E-state index contributed by atoms with van der Waals surface area (Å²) < 4.78 is 1.66. The summed E-state index contributed by atoms with van der Waals surface area (Å²) in [6, 6.07) is 9.58. The van der Waals surface area contributed by atoms with Crippen LogP contribution in [0.3, 0.4) is 0 Å². The largest absolute Gasteiger partial charge is 0.359 e. The van der Waals surface area contributed by atoms with E-state index in [2.05, 4.69) is 20.4 Å². The normalized spacial score (nSPS) is 17.4. The van der Waals surface area contributed by atoms with Crippen LogP contribution in [0, 0.1) is 5.92 Å². The van der Waals surface area contributed by atoms with E-state index in [1.165, 1.54) is 6.20 Å². The minimum atomic E-state index is -0.228. The first-order valence-electron chi connectivity index (χ1n) is 8.67. The van der Waals surface area contributed by atoms with Gasteiger partial charge >= 0.3 is 0 Å². The monoisotopic (exact) mass is 352 g/mol. The Hall–Kier alpha value is -3.16. The van der Waals surface area contributed by atoms with Gasteiger partial charge in [-0.2, -0.15) is 10.1 Å². The van der Waals surface area contributed by atoms with Crippen molar-refractivity contribution in [2.45, 2.75) is 12.8 Å². The van der Waals surface area contributed by atoms with Crippen molar-refractivity contribution in [1.82, 2.24) is 25.1 Å². The van der Waals surface area contributed by atoms with E-state index in [0.717, 1.165) is 25.1 Å². The molecule has 134 valence electrons. The minimum Gasteiger partial charge on any atom is -0.359 e. The highest BCUT2D eigenvalue weighted by atomic mass is 16.2. The van der Waals surface area contributed by atoms with Gasteiger partial charge in [0.25, 0.3) is 5.56 Å². The fourth-order valence-corrected chi connectivity index (χ4v) is 3.40. The highest BCUT2D eigenvalue weighted by molar-refractivity contribution is 5.79. The first-order chi connectivity index (χ1) is 12.7. The molecule has 1 atom stereocenters. The number of rotatable bonds is 3. The Balaban J connectivity index is 1.75. The van der Waals surface area contributed by atoms with Crippen molar-refractivity contribution in [2.24, 2.45) is 5.92 Å². The number of hydrogen-bond acceptors (Lipinski definition) is 5. The van der Waals surface area contributed by atoms with Crippen LogP contribution in [0.1, 0.15) is 12.8 Å². The zero-order valence-corrected chi connectivity index (χ0v) is 14.5. The molecule has 0 radical (unpaired) electrons. The second kappa shape index (κ2) is 6.62. The maximum Gasteiger partial charge on any atom is 0.263 e. The van der Waals surface area contributed by atoms with Gasteiger partial charge in [-0.3, -0.25) is 14.6 Å². The number of H-pyrrole nitrogens is 1. The number of fused-ring (bicyclic) bond motifs is 1. The Bertz CT molecular complexity index is 994. The summed E-state index contributed by atoms with van der Waals surface area (Å²) >= 11 is 0.